The number of likely N-dealkylation sites (tertiary alicyclic amines) is 1. The minimum absolute atomic E-state index is 0.165. The average Bonchev–Trinajstić information content (AvgIpc) is 2.72. The Labute approximate surface area is 188 Å². The van der Waals surface area contributed by atoms with Gasteiger partial charge in [-0.2, -0.15) is 0 Å². The number of sulfonamides is 2. The normalized spacial score (nSPS) is 15.7. The van der Waals surface area contributed by atoms with Crippen molar-refractivity contribution in [3.8, 4) is 5.75 Å². The maximum absolute atomic E-state index is 12.8. The summed E-state index contributed by atoms with van der Waals surface area (Å²) < 4.78 is 55.9. The molecule has 1 aliphatic heterocycles. The number of halogens is 1. The van der Waals surface area contributed by atoms with Gasteiger partial charge in [-0.25, -0.2) is 21.6 Å². The van der Waals surface area contributed by atoms with Gasteiger partial charge in [0.25, 0.3) is 10.0 Å². The lowest BCUT2D eigenvalue weighted by molar-refractivity contribution is 0.232. The zero-order chi connectivity index (χ0) is 22.6. The number of nitrogens with one attached hydrogen (secondary N) is 2. The van der Waals surface area contributed by atoms with Crippen LogP contribution in [0, 0.1) is 6.92 Å². The highest BCUT2D eigenvalue weighted by molar-refractivity contribution is 7.93. The molecular weight excluding hydrogens is 462 g/mol. The Kier molecular flexibility index (Phi) is 7.48. The zero-order valence-corrected chi connectivity index (χ0v) is 19.5. The molecule has 3 rings (SSSR count). The second kappa shape index (κ2) is 9.74. The lowest BCUT2D eigenvalue weighted by atomic mass is 10.1. The van der Waals surface area contributed by atoms with E-state index in [2.05, 4.69) is 14.3 Å². The highest BCUT2D eigenvalue weighted by Gasteiger charge is 2.24. The van der Waals surface area contributed by atoms with Gasteiger partial charge in [0.05, 0.1) is 10.6 Å². The van der Waals surface area contributed by atoms with Crippen LogP contribution in [0.25, 0.3) is 0 Å². The molecule has 0 aliphatic carbocycles. The number of anilines is 1. The molecule has 2 aromatic rings. The number of benzene rings is 2. The molecule has 11 heteroatoms. The van der Waals surface area contributed by atoms with Crippen molar-refractivity contribution < 1.29 is 21.9 Å². The molecule has 0 spiro atoms. The Bertz CT molecular complexity index is 1150. The van der Waals surface area contributed by atoms with Crippen LogP contribution < -0.4 is 9.44 Å². The van der Waals surface area contributed by atoms with E-state index in [-0.39, 0.29) is 17.1 Å². The van der Waals surface area contributed by atoms with Crippen LogP contribution in [-0.4, -0.2) is 53.0 Å². The molecule has 3 N–H and O–H groups in total. The maximum Gasteiger partial charge on any atom is 0.261 e. The number of hydrogen-bond acceptors (Lipinski definition) is 6. The van der Waals surface area contributed by atoms with E-state index in [0.29, 0.717) is 17.1 Å². The molecule has 1 fully saturated rings. The molecule has 0 amide bonds. The number of rotatable bonds is 8. The Morgan fingerprint density at radius 2 is 1.74 bits per heavy atom. The summed E-state index contributed by atoms with van der Waals surface area (Å²) in [6, 6.07) is 7.93. The Morgan fingerprint density at radius 1 is 1.03 bits per heavy atom. The fourth-order valence-corrected chi connectivity index (χ4v) is 5.94. The van der Waals surface area contributed by atoms with Crippen LogP contribution in [0.15, 0.2) is 46.2 Å². The minimum atomic E-state index is -4.11. The number of nitrogens with zero attached hydrogens (tertiary/aromatic N) is 1. The standard InChI is InChI=1S/C20H26ClN3O5S2/c1-15-17(21)6-5-7-18(15)23-30(26,27)16-8-9-19(25)20(14-16)31(28,29)22-10-13-24-11-3-2-4-12-24/h5-9,14,22-23,25H,2-4,10-13H2,1H3. The minimum Gasteiger partial charge on any atom is -0.507 e. The molecule has 1 aliphatic rings. The van der Waals surface area contributed by atoms with Gasteiger partial charge in [0.2, 0.25) is 10.0 Å². The maximum atomic E-state index is 12.8. The van der Waals surface area contributed by atoms with E-state index in [9.17, 15) is 21.9 Å². The van der Waals surface area contributed by atoms with E-state index in [1.807, 2.05) is 0 Å². The van der Waals surface area contributed by atoms with Crippen molar-refractivity contribution in [2.75, 3.05) is 30.9 Å². The van der Waals surface area contributed by atoms with Crippen LogP contribution in [-0.2, 0) is 20.0 Å². The Hall–Kier alpha value is -1.85. The summed E-state index contributed by atoms with van der Waals surface area (Å²) >= 11 is 6.04. The molecule has 0 radical (unpaired) electrons. The summed E-state index contributed by atoms with van der Waals surface area (Å²) in [7, 11) is -8.21. The molecule has 0 bridgehead atoms. The third-order valence-electron chi connectivity index (χ3n) is 5.21. The van der Waals surface area contributed by atoms with Gasteiger partial charge in [-0.05, 0) is 68.8 Å². The van der Waals surface area contributed by atoms with Gasteiger partial charge in [-0.1, -0.05) is 24.1 Å². The Balaban J connectivity index is 1.78. The highest BCUT2D eigenvalue weighted by atomic mass is 35.5. The fourth-order valence-electron chi connectivity index (χ4n) is 3.40. The second-order valence-corrected chi connectivity index (χ2v) is 11.3. The third kappa shape index (κ3) is 5.89. The molecule has 0 atom stereocenters. The van der Waals surface area contributed by atoms with E-state index in [1.54, 1.807) is 25.1 Å². The van der Waals surface area contributed by atoms with Crippen molar-refractivity contribution in [1.82, 2.24) is 9.62 Å². The lowest BCUT2D eigenvalue weighted by Gasteiger charge is -2.26. The predicted octanol–water partition coefficient (Wildman–Crippen LogP) is 2.92. The Morgan fingerprint density at radius 3 is 2.45 bits per heavy atom. The average molecular weight is 488 g/mol. The molecule has 8 nitrogen and oxygen atoms in total. The smallest absolute Gasteiger partial charge is 0.261 e. The summed E-state index contributed by atoms with van der Waals surface area (Å²) in [5, 5.41) is 10.5. The van der Waals surface area contributed by atoms with Crippen LogP contribution in [0.5, 0.6) is 5.75 Å². The van der Waals surface area contributed by atoms with Gasteiger partial charge in [0.15, 0.2) is 0 Å². The van der Waals surface area contributed by atoms with Gasteiger partial charge in [0.1, 0.15) is 10.6 Å². The monoisotopic (exact) mass is 487 g/mol. The fraction of sp³-hybridized carbons (Fsp3) is 0.400. The third-order valence-corrected chi connectivity index (χ3v) is 8.47. The first-order valence-corrected chi connectivity index (χ1v) is 13.3. The lowest BCUT2D eigenvalue weighted by Crippen LogP contribution is -2.37. The molecule has 0 saturated carbocycles. The molecule has 1 heterocycles. The van der Waals surface area contributed by atoms with Gasteiger partial charge in [-0.3, -0.25) is 4.72 Å². The van der Waals surface area contributed by atoms with Crippen LogP contribution in [0.1, 0.15) is 24.8 Å². The summed E-state index contributed by atoms with van der Waals surface area (Å²) in [6.07, 6.45) is 3.36. The number of aromatic hydroxyl groups is 1. The summed E-state index contributed by atoms with van der Waals surface area (Å²) in [5.41, 5.74) is 0.823. The van der Waals surface area contributed by atoms with Gasteiger partial charge in [-0.15, -0.1) is 0 Å². The summed E-state index contributed by atoms with van der Waals surface area (Å²) in [6.45, 7) is 4.23. The number of hydrogen-bond donors (Lipinski definition) is 3. The molecule has 170 valence electrons. The van der Waals surface area contributed by atoms with Crippen LogP contribution in [0.3, 0.4) is 0 Å². The zero-order valence-electron chi connectivity index (χ0n) is 17.1. The predicted molar refractivity (Wildman–Crippen MR) is 121 cm³/mol. The molecular formula is C20H26ClN3O5S2. The first kappa shape index (κ1) is 23.8. The largest absolute Gasteiger partial charge is 0.507 e. The van der Waals surface area contributed by atoms with Crippen molar-refractivity contribution >= 4 is 37.3 Å². The van der Waals surface area contributed by atoms with Crippen LogP contribution in [0.4, 0.5) is 5.69 Å². The molecule has 2 aromatic carbocycles. The molecule has 0 aromatic heterocycles. The van der Waals surface area contributed by atoms with Crippen LogP contribution >= 0.6 is 11.6 Å². The first-order chi connectivity index (χ1) is 14.6. The topological polar surface area (TPSA) is 116 Å². The highest BCUT2D eigenvalue weighted by Crippen LogP contribution is 2.29. The van der Waals surface area contributed by atoms with Crippen LogP contribution in [0.2, 0.25) is 5.02 Å². The summed E-state index contributed by atoms with van der Waals surface area (Å²) in [5.74, 6) is -0.525. The van der Waals surface area contributed by atoms with Crippen molar-refractivity contribution in [3.63, 3.8) is 0 Å². The van der Waals surface area contributed by atoms with Crippen molar-refractivity contribution in [1.29, 1.82) is 0 Å². The number of phenolic OH excluding ortho intramolecular Hbond substituents is 1. The van der Waals surface area contributed by atoms with E-state index < -0.39 is 30.7 Å². The molecule has 31 heavy (non-hydrogen) atoms. The van der Waals surface area contributed by atoms with E-state index in [0.717, 1.165) is 44.1 Å². The summed E-state index contributed by atoms with van der Waals surface area (Å²) in [4.78, 5) is 1.39. The molecule has 1 saturated heterocycles. The van der Waals surface area contributed by atoms with Crippen molar-refractivity contribution in [2.45, 2.75) is 36.0 Å². The first-order valence-electron chi connectivity index (χ1n) is 9.93. The van der Waals surface area contributed by atoms with E-state index >= 15 is 0 Å². The number of piperidine rings is 1. The quantitative estimate of drug-likeness (QED) is 0.527. The van der Waals surface area contributed by atoms with E-state index in [1.165, 1.54) is 6.42 Å². The van der Waals surface area contributed by atoms with Gasteiger partial charge < -0.3 is 10.0 Å². The molecule has 0 unspecified atom stereocenters. The second-order valence-electron chi connectivity index (χ2n) is 7.45. The number of phenols is 1. The van der Waals surface area contributed by atoms with Crippen molar-refractivity contribution in [2.24, 2.45) is 0 Å². The van der Waals surface area contributed by atoms with Gasteiger partial charge >= 0.3 is 0 Å². The van der Waals surface area contributed by atoms with Crippen molar-refractivity contribution in [3.05, 3.63) is 47.0 Å². The van der Waals surface area contributed by atoms with E-state index in [4.69, 9.17) is 11.6 Å². The SMILES string of the molecule is Cc1c(Cl)cccc1NS(=O)(=O)c1ccc(O)c(S(=O)(=O)NCCN2CCCCC2)c1. The van der Waals surface area contributed by atoms with Gasteiger partial charge in [0, 0.05) is 18.1 Å².